The van der Waals surface area contributed by atoms with Crippen LogP contribution in [0.15, 0.2) is 24.3 Å². The van der Waals surface area contributed by atoms with Crippen molar-refractivity contribution in [1.29, 1.82) is 0 Å². The molecule has 1 aromatic heterocycles. The Morgan fingerprint density at radius 2 is 1.79 bits per heavy atom. The van der Waals surface area contributed by atoms with Gasteiger partial charge in [-0.25, -0.2) is 0 Å². The number of aliphatic hydroxyl groups is 1. The second-order valence-electron chi connectivity index (χ2n) is 10.3. The van der Waals surface area contributed by atoms with E-state index in [0.29, 0.717) is 13.0 Å². The first-order chi connectivity index (χ1) is 13.6. The summed E-state index contributed by atoms with van der Waals surface area (Å²) in [6.07, 6.45) is 9.48. The fourth-order valence-corrected chi connectivity index (χ4v) is 7.65. The van der Waals surface area contributed by atoms with Gasteiger partial charge < -0.3 is 15.0 Å². The standard InChI is InChI=1S/C24H30N2O2/c27-14-18-8-20-19-3-1-2-4-21(19)25-22(20)13-26(18)23(28)12-24-9-15-5-16(10-24)7-17(6-15)11-24/h1-4,15-18,25,27H,5-14H2. The predicted molar refractivity (Wildman–Crippen MR) is 109 cm³/mol. The highest BCUT2D eigenvalue weighted by Crippen LogP contribution is 2.61. The summed E-state index contributed by atoms with van der Waals surface area (Å²) in [4.78, 5) is 19.0. The third kappa shape index (κ3) is 2.57. The van der Waals surface area contributed by atoms with Gasteiger partial charge in [-0.1, -0.05) is 18.2 Å². The van der Waals surface area contributed by atoms with Gasteiger partial charge in [0.25, 0.3) is 0 Å². The molecule has 0 spiro atoms. The van der Waals surface area contributed by atoms with Gasteiger partial charge in [0, 0.05) is 23.0 Å². The van der Waals surface area contributed by atoms with Gasteiger partial charge >= 0.3 is 0 Å². The quantitative estimate of drug-likeness (QED) is 0.847. The van der Waals surface area contributed by atoms with Gasteiger partial charge in [0.1, 0.15) is 0 Å². The summed E-state index contributed by atoms with van der Waals surface area (Å²) >= 11 is 0. The molecule has 1 unspecified atom stereocenters. The molecule has 2 aromatic rings. The van der Waals surface area contributed by atoms with E-state index in [-0.39, 0.29) is 24.0 Å². The van der Waals surface area contributed by atoms with Crippen molar-refractivity contribution in [3.8, 4) is 0 Å². The Hall–Kier alpha value is -1.81. The van der Waals surface area contributed by atoms with Crippen molar-refractivity contribution in [2.45, 2.75) is 64.0 Å². The molecule has 2 N–H and O–H groups in total. The first-order valence-corrected chi connectivity index (χ1v) is 11.1. The molecule has 1 aliphatic heterocycles. The first-order valence-electron chi connectivity index (χ1n) is 11.1. The normalized spacial score (nSPS) is 36.1. The maximum Gasteiger partial charge on any atom is 0.223 e. The van der Waals surface area contributed by atoms with E-state index < -0.39 is 0 Å². The third-order valence-electron chi connectivity index (χ3n) is 8.33. The lowest BCUT2D eigenvalue weighted by Gasteiger charge is -2.57. The maximum absolute atomic E-state index is 13.5. The van der Waals surface area contributed by atoms with E-state index in [4.69, 9.17) is 0 Å². The molecule has 1 amide bonds. The number of aromatic amines is 1. The summed E-state index contributed by atoms with van der Waals surface area (Å²) in [5.41, 5.74) is 3.84. The van der Waals surface area contributed by atoms with Crippen molar-refractivity contribution in [1.82, 2.24) is 9.88 Å². The average molecular weight is 379 g/mol. The minimum Gasteiger partial charge on any atom is -0.394 e. The average Bonchev–Trinajstić information content (AvgIpc) is 3.03. The predicted octanol–water partition coefficient (Wildman–Crippen LogP) is 4.02. The number of fused-ring (bicyclic) bond motifs is 3. The number of carbonyl (C=O) groups excluding carboxylic acids is 1. The third-order valence-corrected chi connectivity index (χ3v) is 8.33. The highest BCUT2D eigenvalue weighted by Gasteiger charge is 2.52. The number of hydrogen-bond donors (Lipinski definition) is 2. The second-order valence-corrected chi connectivity index (χ2v) is 10.3. The van der Waals surface area contributed by atoms with Crippen LogP contribution in [-0.4, -0.2) is 33.5 Å². The molecule has 4 heteroatoms. The monoisotopic (exact) mass is 378 g/mol. The molecule has 1 atom stereocenters. The summed E-state index contributed by atoms with van der Waals surface area (Å²) in [5.74, 6) is 2.88. The summed E-state index contributed by atoms with van der Waals surface area (Å²) in [7, 11) is 0. The Kier molecular flexibility index (Phi) is 3.72. The number of amides is 1. The van der Waals surface area contributed by atoms with Crippen LogP contribution in [0.3, 0.4) is 0 Å². The molecule has 0 saturated heterocycles. The topological polar surface area (TPSA) is 56.3 Å². The number of hydrogen-bond acceptors (Lipinski definition) is 2. The Morgan fingerprint density at radius 3 is 2.46 bits per heavy atom. The molecule has 2 heterocycles. The van der Waals surface area contributed by atoms with Crippen LogP contribution in [0.4, 0.5) is 0 Å². The summed E-state index contributed by atoms with van der Waals surface area (Å²) in [6, 6.07) is 8.27. The van der Waals surface area contributed by atoms with Crippen molar-refractivity contribution < 1.29 is 9.90 Å². The molecular weight excluding hydrogens is 348 g/mol. The van der Waals surface area contributed by atoms with Crippen molar-refractivity contribution in [2.75, 3.05) is 6.61 Å². The smallest absolute Gasteiger partial charge is 0.223 e. The summed E-state index contributed by atoms with van der Waals surface area (Å²) < 4.78 is 0. The number of para-hydroxylation sites is 1. The van der Waals surface area contributed by atoms with Crippen LogP contribution in [0.1, 0.15) is 56.2 Å². The van der Waals surface area contributed by atoms with Crippen LogP contribution in [0, 0.1) is 23.2 Å². The van der Waals surface area contributed by atoms with E-state index >= 15 is 0 Å². The molecule has 4 fully saturated rings. The number of aromatic nitrogens is 1. The molecule has 0 radical (unpaired) electrons. The maximum atomic E-state index is 13.5. The van der Waals surface area contributed by atoms with E-state index in [1.54, 1.807) is 0 Å². The van der Waals surface area contributed by atoms with Gasteiger partial charge in [-0.15, -0.1) is 0 Å². The number of carbonyl (C=O) groups is 1. The van der Waals surface area contributed by atoms with Gasteiger partial charge in [-0.3, -0.25) is 4.79 Å². The largest absolute Gasteiger partial charge is 0.394 e. The van der Waals surface area contributed by atoms with Crippen molar-refractivity contribution >= 4 is 16.8 Å². The lowest BCUT2D eigenvalue weighted by atomic mass is 9.49. The Balaban J connectivity index is 1.27. The summed E-state index contributed by atoms with van der Waals surface area (Å²) in [5, 5.41) is 11.3. The minimum atomic E-state index is -0.0897. The fourth-order valence-electron chi connectivity index (χ4n) is 7.65. The van der Waals surface area contributed by atoms with Gasteiger partial charge in [-0.2, -0.15) is 0 Å². The highest BCUT2D eigenvalue weighted by molar-refractivity contribution is 5.86. The molecule has 5 aliphatic rings. The molecule has 148 valence electrons. The number of H-pyrrole nitrogens is 1. The van der Waals surface area contributed by atoms with Crippen LogP contribution in [0.25, 0.3) is 10.9 Å². The van der Waals surface area contributed by atoms with Gasteiger partial charge in [0.05, 0.1) is 19.2 Å². The Labute approximate surface area is 166 Å². The lowest BCUT2D eigenvalue weighted by molar-refractivity contribution is -0.144. The zero-order valence-corrected chi connectivity index (χ0v) is 16.5. The lowest BCUT2D eigenvalue weighted by Crippen LogP contribution is -2.51. The Morgan fingerprint density at radius 1 is 1.11 bits per heavy atom. The zero-order chi connectivity index (χ0) is 18.9. The van der Waals surface area contributed by atoms with Crippen LogP contribution < -0.4 is 0 Å². The zero-order valence-electron chi connectivity index (χ0n) is 16.5. The number of nitrogens with one attached hydrogen (secondary N) is 1. The van der Waals surface area contributed by atoms with Crippen molar-refractivity contribution in [2.24, 2.45) is 23.2 Å². The molecule has 4 aliphatic carbocycles. The van der Waals surface area contributed by atoms with E-state index in [9.17, 15) is 9.90 Å². The summed E-state index contributed by atoms with van der Waals surface area (Å²) in [6.45, 7) is 0.659. The first kappa shape index (κ1) is 17.1. The molecule has 4 bridgehead atoms. The van der Waals surface area contributed by atoms with E-state index in [1.807, 2.05) is 11.0 Å². The molecular formula is C24H30N2O2. The number of rotatable bonds is 3. The van der Waals surface area contributed by atoms with Gasteiger partial charge in [0.15, 0.2) is 0 Å². The van der Waals surface area contributed by atoms with Crippen LogP contribution in [0.5, 0.6) is 0 Å². The molecule has 4 saturated carbocycles. The molecule has 7 rings (SSSR count). The van der Waals surface area contributed by atoms with Gasteiger partial charge in [0.2, 0.25) is 5.91 Å². The van der Waals surface area contributed by atoms with Crippen molar-refractivity contribution in [3.63, 3.8) is 0 Å². The van der Waals surface area contributed by atoms with Crippen LogP contribution in [0.2, 0.25) is 0 Å². The number of aliphatic hydroxyl groups excluding tert-OH is 1. The molecule has 1 aromatic carbocycles. The van der Waals surface area contributed by atoms with Crippen LogP contribution in [-0.2, 0) is 17.8 Å². The van der Waals surface area contributed by atoms with E-state index in [2.05, 4.69) is 23.2 Å². The Bertz CT molecular complexity index is 895. The minimum absolute atomic E-state index is 0.0472. The second kappa shape index (κ2) is 6.09. The van der Waals surface area contributed by atoms with Crippen molar-refractivity contribution in [3.05, 3.63) is 35.5 Å². The van der Waals surface area contributed by atoms with E-state index in [1.165, 1.54) is 49.5 Å². The molecule has 4 nitrogen and oxygen atoms in total. The van der Waals surface area contributed by atoms with Gasteiger partial charge in [-0.05, 0) is 79.7 Å². The fraction of sp³-hybridized carbons (Fsp3) is 0.625. The van der Waals surface area contributed by atoms with E-state index in [0.717, 1.165) is 35.4 Å². The SMILES string of the molecule is O=C(CC12CC3CC(CC(C3)C1)C2)N1Cc2[nH]c3ccccc3c2CC1CO. The highest BCUT2D eigenvalue weighted by atomic mass is 16.3. The number of nitrogens with zero attached hydrogens (tertiary/aromatic N) is 1. The number of benzene rings is 1. The van der Waals surface area contributed by atoms with Crippen LogP contribution >= 0.6 is 0 Å². The molecule has 28 heavy (non-hydrogen) atoms.